The largest absolute Gasteiger partial charge is 0.452 e. The molecular weight excluding hydrogens is 683 g/mol. The van der Waals surface area contributed by atoms with Crippen LogP contribution in [-0.4, -0.2) is 14.5 Å². The van der Waals surface area contributed by atoms with Crippen molar-refractivity contribution in [2.75, 3.05) is 0 Å². The number of furan rings is 1. The molecule has 11 aromatic rings. The van der Waals surface area contributed by atoms with Crippen LogP contribution in [-0.2, 0) is 0 Å². The lowest BCUT2D eigenvalue weighted by Crippen LogP contribution is -1.94. The van der Waals surface area contributed by atoms with Crippen LogP contribution in [0, 0.1) is 0 Å². The van der Waals surface area contributed by atoms with Crippen molar-refractivity contribution in [2.24, 2.45) is 0 Å². The van der Waals surface area contributed by atoms with Gasteiger partial charge in [0.05, 0.1) is 11.0 Å². The van der Waals surface area contributed by atoms with Crippen LogP contribution in [0.1, 0.15) is 0 Å². The smallest absolute Gasteiger partial charge is 0.180 e. The number of nitrogens with zero attached hydrogens (tertiary/aromatic N) is 3. The van der Waals surface area contributed by atoms with Gasteiger partial charge >= 0.3 is 0 Å². The molecule has 3 heterocycles. The molecule has 0 aliphatic heterocycles. The normalized spacial score (nSPS) is 11.6. The molecule has 3 aromatic heterocycles. The highest BCUT2D eigenvalue weighted by molar-refractivity contribution is 6.16. The standard InChI is InChI=1S/C52H33N3O/c1-4-15-34(16-5-1)38-29-30-45-44(33-38)48-42(26-14-27-46(48)55(45)41-23-8-3-9-24-41)39-21-12-19-36(31-39)37-20-13-22-40(32-37)52-53-49(35-17-6-2-7-18-35)51-50(54-52)43-25-10-11-28-47(43)56-51/h1-33H. The van der Waals surface area contributed by atoms with Crippen LogP contribution in [0.15, 0.2) is 205 Å². The van der Waals surface area contributed by atoms with Crippen LogP contribution in [0.25, 0.3) is 106 Å². The van der Waals surface area contributed by atoms with E-state index >= 15 is 0 Å². The first-order valence-corrected chi connectivity index (χ1v) is 18.9. The zero-order chi connectivity index (χ0) is 37.0. The molecule has 8 aromatic carbocycles. The molecule has 4 nitrogen and oxygen atoms in total. The quantitative estimate of drug-likeness (QED) is 0.172. The second-order valence-corrected chi connectivity index (χ2v) is 14.2. The highest BCUT2D eigenvalue weighted by Crippen LogP contribution is 2.41. The van der Waals surface area contributed by atoms with E-state index in [0.717, 1.165) is 55.7 Å². The summed E-state index contributed by atoms with van der Waals surface area (Å²) in [6.07, 6.45) is 0. The summed E-state index contributed by atoms with van der Waals surface area (Å²) >= 11 is 0. The van der Waals surface area contributed by atoms with Crippen LogP contribution in [0.2, 0.25) is 0 Å². The predicted octanol–water partition coefficient (Wildman–Crippen LogP) is 13.8. The number of para-hydroxylation sites is 2. The Kier molecular flexibility index (Phi) is 7.46. The van der Waals surface area contributed by atoms with Crippen LogP contribution in [0.4, 0.5) is 0 Å². The summed E-state index contributed by atoms with van der Waals surface area (Å²) in [7, 11) is 0. The van der Waals surface area contributed by atoms with Crippen LogP contribution in [0.5, 0.6) is 0 Å². The van der Waals surface area contributed by atoms with E-state index in [2.05, 4.69) is 168 Å². The SMILES string of the molecule is c1ccc(-c2ccc3c(c2)c2c(-c4cccc(-c5cccc(-c6nc(-c7ccccc7)c7oc8ccccc8c7n6)c5)c4)cccc2n3-c2ccccc2)cc1. The molecular formula is C52H33N3O. The Morgan fingerprint density at radius 1 is 0.393 bits per heavy atom. The third-order valence-corrected chi connectivity index (χ3v) is 10.8. The lowest BCUT2D eigenvalue weighted by molar-refractivity contribution is 0.667. The van der Waals surface area contributed by atoms with Crippen molar-refractivity contribution in [3.8, 4) is 61.7 Å². The highest BCUT2D eigenvalue weighted by Gasteiger charge is 2.20. The number of fused-ring (bicyclic) bond motifs is 6. The van der Waals surface area contributed by atoms with Gasteiger partial charge in [-0.2, -0.15) is 0 Å². The van der Waals surface area contributed by atoms with Crippen LogP contribution in [0.3, 0.4) is 0 Å². The molecule has 0 spiro atoms. The van der Waals surface area contributed by atoms with E-state index in [1.165, 1.54) is 38.5 Å². The minimum Gasteiger partial charge on any atom is -0.452 e. The monoisotopic (exact) mass is 715 g/mol. The number of aromatic nitrogens is 3. The fourth-order valence-electron chi connectivity index (χ4n) is 8.19. The van der Waals surface area contributed by atoms with Gasteiger partial charge in [0.1, 0.15) is 16.8 Å². The van der Waals surface area contributed by atoms with E-state index in [1.807, 2.05) is 36.4 Å². The molecule has 0 N–H and O–H groups in total. The maximum absolute atomic E-state index is 6.36. The van der Waals surface area contributed by atoms with Crippen LogP contribution >= 0.6 is 0 Å². The minimum atomic E-state index is 0.661. The van der Waals surface area contributed by atoms with E-state index < -0.39 is 0 Å². The van der Waals surface area contributed by atoms with Crippen molar-refractivity contribution < 1.29 is 4.42 Å². The van der Waals surface area contributed by atoms with E-state index in [1.54, 1.807) is 0 Å². The minimum absolute atomic E-state index is 0.661. The van der Waals surface area contributed by atoms with Crippen LogP contribution < -0.4 is 0 Å². The maximum atomic E-state index is 6.36. The summed E-state index contributed by atoms with van der Waals surface area (Å²) in [5.74, 6) is 0.661. The summed E-state index contributed by atoms with van der Waals surface area (Å²) in [6.45, 7) is 0. The van der Waals surface area contributed by atoms with Gasteiger partial charge in [-0.25, -0.2) is 9.97 Å². The molecule has 0 bridgehead atoms. The van der Waals surface area contributed by atoms with Crippen molar-refractivity contribution in [1.82, 2.24) is 14.5 Å². The molecule has 0 fully saturated rings. The topological polar surface area (TPSA) is 43.9 Å². The first-order valence-electron chi connectivity index (χ1n) is 18.9. The van der Waals surface area contributed by atoms with Crippen molar-refractivity contribution >= 4 is 43.9 Å². The zero-order valence-corrected chi connectivity index (χ0v) is 30.3. The number of rotatable bonds is 6. The Hall–Kier alpha value is -7.56. The van der Waals surface area contributed by atoms with E-state index in [9.17, 15) is 0 Å². The van der Waals surface area contributed by atoms with Gasteiger partial charge in [-0.3, -0.25) is 0 Å². The molecule has 56 heavy (non-hydrogen) atoms. The van der Waals surface area contributed by atoms with Gasteiger partial charge in [0, 0.05) is 33.0 Å². The molecule has 0 amide bonds. The molecule has 0 aliphatic rings. The summed E-state index contributed by atoms with van der Waals surface area (Å²) in [4.78, 5) is 10.3. The summed E-state index contributed by atoms with van der Waals surface area (Å²) in [6, 6.07) is 70.5. The molecule has 0 saturated heterocycles. The Morgan fingerprint density at radius 2 is 1.00 bits per heavy atom. The third-order valence-electron chi connectivity index (χ3n) is 10.8. The second-order valence-electron chi connectivity index (χ2n) is 14.2. The molecule has 262 valence electrons. The fourth-order valence-corrected chi connectivity index (χ4v) is 8.19. The summed E-state index contributed by atoms with van der Waals surface area (Å²) < 4.78 is 8.75. The first-order chi connectivity index (χ1) is 27.8. The van der Waals surface area contributed by atoms with Crippen molar-refractivity contribution in [1.29, 1.82) is 0 Å². The number of hydrogen-bond donors (Lipinski definition) is 0. The lowest BCUT2D eigenvalue weighted by atomic mass is 9.94. The van der Waals surface area contributed by atoms with Gasteiger partial charge in [-0.15, -0.1) is 0 Å². The number of hydrogen-bond acceptors (Lipinski definition) is 3. The molecule has 11 rings (SSSR count). The van der Waals surface area contributed by atoms with E-state index in [4.69, 9.17) is 14.4 Å². The fraction of sp³-hybridized carbons (Fsp3) is 0. The van der Waals surface area contributed by atoms with Gasteiger partial charge in [-0.1, -0.05) is 146 Å². The molecule has 0 radical (unpaired) electrons. The van der Waals surface area contributed by atoms with Crippen molar-refractivity contribution in [2.45, 2.75) is 0 Å². The van der Waals surface area contributed by atoms with E-state index in [-0.39, 0.29) is 0 Å². The highest BCUT2D eigenvalue weighted by atomic mass is 16.3. The summed E-state index contributed by atoms with van der Waals surface area (Å²) in [5, 5.41) is 3.44. The van der Waals surface area contributed by atoms with Gasteiger partial charge in [-0.05, 0) is 88.0 Å². The first kappa shape index (κ1) is 31.9. The number of benzene rings is 8. The van der Waals surface area contributed by atoms with Gasteiger partial charge in [0.2, 0.25) is 0 Å². The average molecular weight is 716 g/mol. The molecule has 0 aliphatic carbocycles. The zero-order valence-electron chi connectivity index (χ0n) is 30.3. The van der Waals surface area contributed by atoms with Gasteiger partial charge in [0.15, 0.2) is 11.4 Å². The average Bonchev–Trinajstić information content (AvgIpc) is 3.83. The maximum Gasteiger partial charge on any atom is 0.180 e. The Morgan fingerprint density at radius 3 is 1.79 bits per heavy atom. The molecule has 0 unspecified atom stereocenters. The molecule has 4 heteroatoms. The third kappa shape index (κ3) is 5.31. The Balaban J connectivity index is 1.07. The van der Waals surface area contributed by atoms with Gasteiger partial charge < -0.3 is 8.98 Å². The van der Waals surface area contributed by atoms with E-state index in [0.29, 0.717) is 11.4 Å². The lowest BCUT2D eigenvalue weighted by Gasteiger charge is -2.11. The Labute approximate surface area is 323 Å². The molecule has 0 atom stereocenters. The van der Waals surface area contributed by atoms with Crippen molar-refractivity contribution in [3.63, 3.8) is 0 Å². The Bertz CT molecular complexity index is 3240. The van der Waals surface area contributed by atoms with Gasteiger partial charge in [0.25, 0.3) is 0 Å². The second kappa shape index (κ2) is 13.1. The van der Waals surface area contributed by atoms with Crippen molar-refractivity contribution in [3.05, 3.63) is 200 Å². The molecule has 0 saturated carbocycles. The summed E-state index contributed by atoms with van der Waals surface area (Å²) in [5.41, 5.74) is 15.5. The predicted molar refractivity (Wildman–Crippen MR) is 231 cm³/mol.